The van der Waals surface area contributed by atoms with E-state index in [9.17, 15) is 9.59 Å². The van der Waals surface area contributed by atoms with Crippen molar-refractivity contribution in [3.8, 4) is 17.6 Å². The smallest absolute Gasteiger partial charge is 0.244 e. The molecule has 2 amide bonds. The Labute approximate surface area is 150 Å². The first-order valence-electron chi connectivity index (χ1n) is 7.99. The van der Waals surface area contributed by atoms with E-state index in [2.05, 4.69) is 5.32 Å². The fraction of sp³-hybridized carbons (Fsp3) is 0.211. The van der Waals surface area contributed by atoms with Crippen molar-refractivity contribution in [3.63, 3.8) is 0 Å². The number of carbonyl (C=O) groups is 2. The van der Waals surface area contributed by atoms with E-state index in [4.69, 9.17) is 14.7 Å². The zero-order valence-electron chi connectivity index (χ0n) is 14.2. The molecule has 3 rings (SSSR count). The van der Waals surface area contributed by atoms with Gasteiger partial charge < -0.3 is 19.7 Å². The molecule has 2 aromatic rings. The maximum Gasteiger partial charge on any atom is 0.244 e. The summed E-state index contributed by atoms with van der Waals surface area (Å²) in [6, 6.07) is 14.0. The highest BCUT2D eigenvalue weighted by Gasteiger charge is 2.17. The van der Waals surface area contributed by atoms with Crippen LogP contribution in [0.3, 0.4) is 0 Å². The summed E-state index contributed by atoms with van der Waals surface area (Å²) in [5.41, 5.74) is 1.92. The molecule has 2 aromatic carbocycles. The van der Waals surface area contributed by atoms with E-state index in [1.54, 1.807) is 36.4 Å². The normalized spacial score (nSPS) is 11.5. The van der Waals surface area contributed by atoms with Crippen molar-refractivity contribution in [1.82, 2.24) is 4.90 Å². The third-order valence-electron chi connectivity index (χ3n) is 3.89. The Balaban J connectivity index is 1.63. The molecule has 0 spiro atoms. The Morgan fingerprint density at radius 1 is 1.15 bits per heavy atom. The predicted molar refractivity (Wildman–Crippen MR) is 93.4 cm³/mol. The van der Waals surface area contributed by atoms with E-state index in [1.807, 2.05) is 12.1 Å². The average molecular weight is 351 g/mol. The molecular formula is C19H17N3O4. The van der Waals surface area contributed by atoms with Crippen LogP contribution in [-0.2, 0) is 16.1 Å². The summed E-state index contributed by atoms with van der Waals surface area (Å²) in [4.78, 5) is 25.6. The Kier molecular flexibility index (Phi) is 5.04. The third kappa shape index (κ3) is 4.11. The van der Waals surface area contributed by atoms with E-state index in [1.165, 1.54) is 11.8 Å². The molecule has 0 radical (unpaired) electrons. The molecule has 0 fully saturated rings. The fourth-order valence-electron chi connectivity index (χ4n) is 2.54. The number of carbonyl (C=O) groups excluding carboxylic acids is 2. The molecule has 7 heteroatoms. The van der Waals surface area contributed by atoms with Gasteiger partial charge in [0.25, 0.3) is 0 Å². The molecule has 0 atom stereocenters. The van der Waals surface area contributed by atoms with Crippen LogP contribution in [0.25, 0.3) is 0 Å². The number of ether oxygens (including phenoxy) is 2. The van der Waals surface area contributed by atoms with Gasteiger partial charge in [0.2, 0.25) is 18.6 Å². The molecule has 7 nitrogen and oxygen atoms in total. The molecule has 26 heavy (non-hydrogen) atoms. The summed E-state index contributed by atoms with van der Waals surface area (Å²) in [6.45, 7) is 1.81. The minimum atomic E-state index is -0.314. The van der Waals surface area contributed by atoms with E-state index < -0.39 is 0 Å². The van der Waals surface area contributed by atoms with Crippen LogP contribution in [0, 0.1) is 11.3 Å². The predicted octanol–water partition coefficient (Wildman–Crippen LogP) is 2.27. The highest BCUT2D eigenvalue weighted by Crippen LogP contribution is 2.32. The van der Waals surface area contributed by atoms with Crippen molar-refractivity contribution >= 4 is 17.5 Å². The van der Waals surface area contributed by atoms with E-state index >= 15 is 0 Å². The second-order valence-corrected chi connectivity index (χ2v) is 5.80. The van der Waals surface area contributed by atoms with Gasteiger partial charge in [0.05, 0.1) is 11.6 Å². The van der Waals surface area contributed by atoms with E-state index in [-0.39, 0.29) is 31.7 Å². The Morgan fingerprint density at radius 2 is 1.88 bits per heavy atom. The lowest BCUT2D eigenvalue weighted by Gasteiger charge is -2.21. The summed E-state index contributed by atoms with van der Waals surface area (Å²) < 4.78 is 10.6. The second-order valence-electron chi connectivity index (χ2n) is 5.80. The molecule has 0 unspecified atom stereocenters. The number of fused-ring (bicyclic) bond motifs is 1. The molecule has 0 saturated carbocycles. The third-order valence-corrected chi connectivity index (χ3v) is 3.89. The Hall–Kier alpha value is -3.53. The minimum Gasteiger partial charge on any atom is -0.454 e. The number of amides is 2. The highest BCUT2D eigenvalue weighted by molar-refractivity contribution is 5.94. The van der Waals surface area contributed by atoms with Gasteiger partial charge in [0.15, 0.2) is 11.5 Å². The zero-order valence-corrected chi connectivity index (χ0v) is 14.2. The average Bonchev–Trinajstić information content (AvgIpc) is 3.09. The lowest BCUT2D eigenvalue weighted by molar-refractivity contribution is -0.133. The van der Waals surface area contributed by atoms with Crippen LogP contribution in [0.5, 0.6) is 11.5 Å². The van der Waals surface area contributed by atoms with Crippen molar-refractivity contribution in [2.24, 2.45) is 0 Å². The minimum absolute atomic E-state index is 0.0796. The van der Waals surface area contributed by atoms with Crippen molar-refractivity contribution in [1.29, 1.82) is 5.26 Å². The van der Waals surface area contributed by atoms with Crippen LogP contribution < -0.4 is 14.8 Å². The SMILES string of the molecule is CC(=O)N(CC(=O)Nc1ccc(C#N)cc1)Cc1ccc2c(c1)OCO2. The Morgan fingerprint density at radius 3 is 2.58 bits per heavy atom. The van der Waals surface area contributed by atoms with Crippen molar-refractivity contribution in [2.75, 3.05) is 18.7 Å². The van der Waals surface area contributed by atoms with Crippen LogP contribution in [0.2, 0.25) is 0 Å². The number of rotatable bonds is 5. The molecule has 0 bridgehead atoms. The molecular weight excluding hydrogens is 334 g/mol. The summed E-state index contributed by atoms with van der Waals surface area (Å²) >= 11 is 0. The van der Waals surface area contributed by atoms with Crippen molar-refractivity contribution in [2.45, 2.75) is 13.5 Å². The van der Waals surface area contributed by atoms with Gasteiger partial charge in [-0.1, -0.05) is 6.07 Å². The largest absolute Gasteiger partial charge is 0.454 e. The van der Waals surface area contributed by atoms with Gasteiger partial charge >= 0.3 is 0 Å². The molecule has 0 aliphatic carbocycles. The van der Waals surface area contributed by atoms with Crippen LogP contribution in [0.1, 0.15) is 18.1 Å². The maximum absolute atomic E-state index is 12.2. The molecule has 132 valence electrons. The Bertz CT molecular complexity index is 871. The molecule has 1 aliphatic rings. The summed E-state index contributed by atoms with van der Waals surface area (Å²) in [6.07, 6.45) is 0. The maximum atomic E-state index is 12.2. The summed E-state index contributed by atoms with van der Waals surface area (Å²) in [5.74, 6) is 0.776. The van der Waals surface area contributed by atoms with Gasteiger partial charge in [-0.05, 0) is 42.0 Å². The number of nitrogens with one attached hydrogen (secondary N) is 1. The van der Waals surface area contributed by atoms with Gasteiger partial charge in [-0.3, -0.25) is 9.59 Å². The fourth-order valence-corrected chi connectivity index (χ4v) is 2.54. The monoisotopic (exact) mass is 351 g/mol. The first-order valence-corrected chi connectivity index (χ1v) is 7.99. The second kappa shape index (κ2) is 7.57. The van der Waals surface area contributed by atoms with Crippen LogP contribution in [0.4, 0.5) is 5.69 Å². The van der Waals surface area contributed by atoms with E-state index in [0.29, 0.717) is 22.7 Å². The molecule has 0 aromatic heterocycles. The number of hydrogen-bond donors (Lipinski definition) is 1. The van der Waals surface area contributed by atoms with Crippen molar-refractivity contribution < 1.29 is 19.1 Å². The first kappa shape index (κ1) is 17.3. The van der Waals surface area contributed by atoms with Crippen LogP contribution >= 0.6 is 0 Å². The lowest BCUT2D eigenvalue weighted by Crippen LogP contribution is -2.36. The van der Waals surface area contributed by atoms with Gasteiger partial charge in [0.1, 0.15) is 6.54 Å². The van der Waals surface area contributed by atoms with Gasteiger partial charge in [-0.15, -0.1) is 0 Å². The molecule has 1 N–H and O–H groups in total. The molecule has 1 heterocycles. The summed E-state index contributed by atoms with van der Waals surface area (Å²) in [5, 5.41) is 11.5. The lowest BCUT2D eigenvalue weighted by atomic mass is 10.2. The summed E-state index contributed by atoms with van der Waals surface area (Å²) in [7, 11) is 0. The van der Waals surface area contributed by atoms with Crippen LogP contribution in [-0.4, -0.2) is 30.1 Å². The van der Waals surface area contributed by atoms with Crippen molar-refractivity contribution in [3.05, 3.63) is 53.6 Å². The van der Waals surface area contributed by atoms with Gasteiger partial charge in [-0.25, -0.2) is 0 Å². The van der Waals surface area contributed by atoms with E-state index in [0.717, 1.165) is 5.56 Å². The van der Waals surface area contributed by atoms with Crippen LogP contribution in [0.15, 0.2) is 42.5 Å². The number of nitriles is 1. The topological polar surface area (TPSA) is 91.7 Å². The number of benzene rings is 2. The quantitative estimate of drug-likeness (QED) is 0.892. The zero-order chi connectivity index (χ0) is 18.5. The van der Waals surface area contributed by atoms with Gasteiger partial charge in [-0.2, -0.15) is 5.26 Å². The standard InChI is InChI=1S/C19H17N3O4/c1-13(23)22(10-15-4-7-17-18(8-15)26-12-25-17)11-19(24)21-16-5-2-14(9-20)3-6-16/h2-8H,10-12H2,1H3,(H,21,24). The highest BCUT2D eigenvalue weighted by atomic mass is 16.7. The number of nitrogens with zero attached hydrogens (tertiary/aromatic N) is 2. The number of anilines is 1. The molecule has 1 aliphatic heterocycles. The molecule has 0 saturated heterocycles. The van der Waals surface area contributed by atoms with Gasteiger partial charge in [0, 0.05) is 19.2 Å². The first-order chi connectivity index (χ1) is 12.5. The number of hydrogen-bond acceptors (Lipinski definition) is 5.